The zero-order chi connectivity index (χ0) is 11.5. The Hall–Kier alpha value is -1.64. The van der Waals surface area contributed by atoms with Gasteiger partial charge in [0.2, 0.25) is 0 Å². The monoisotopic (exact) mass is 430 g/mol. The molecule has 19 heavy (non-hydrogen) atoms. The third-order valence-corrected chi connectivity index (χ3v) is 2.67. The van der Waals surface area contributed by atoms with Crippen LogP contribution >= 0.6 is 0 Å². The summed E-state index contributed by atoms with van der Waals surface area (Å²) < 4.78 is 0. The second-order valence-corrected chi connectivity index (χ2v) is 3.83. The van der Waals surface area contributed by atoms with Gasteiger partial charge in [-0.15, -0.1) is 6.07 Å². The molecule has 1 aliphatic heterocycles. The van der Waals surface area contributed by atoms with Crippen molar-refractivity contribution in [2.24, 2.45) is 5.10 Å². The van der Waals surface area contributed by atoms with Gasteiger partial charge >= 0.3 is 0 Å². The summed E-state index contributed by atoms with van der Waals surface area (Å²) in [5.41, 5.74) is 2.14. The van der Waals surface area contributed by atoms with E-state index < -0.39 is 0 Å². The Kier molecular flexibility index (Phi) is 5.74. The van der Waals surface area contributed by atoms with Crippen LogP contribution in [0.5, 0.6) is 0 Å². The number of benzene rings is 2. The van der Waals surface area contributed by atoms with Crippen LogP contribution in [0.4, 0.5) is 11.4 Å². The fourth-order valence-electron chi connectivity index (χ4n) is 1.79. The zero-order valence-electron chi connectivity index (χ0n) is 10.7. The van der Waals surface area contributed by atoms with Crippen molar-refractivity contribution in [2.75, 3.05) is 16.6 Å². The molecule has 0 fully saturated rings. The summed E-state index contributed by atoms with van der Waals surface area (Å²) in [6.45, 7) is 0.727. The van der Waals surface area contributed by atoms with Gasteiger partial charge < -0.3 is 12.3 Å². The van der Waals surface area contributed by atoms with E-state index in [4.69, 9.17) is 0 Å². The van der Waals surface area contributed by atoms with Gasteiger partial charge in [-0.05, 0) is 12.1 Å². The van der Waals surface area contributed by atoms with Crippen LogP contribution in [0.25, 0.3) is 0 Å². The number of anilines is 2. The standard InChI is InChI=1S/C14H12N3.CH3.Ir/c1-3-7-13(8-4-1)16-11-15-17(12-16)14-9-5-2-6-10-14;;/h1-7,9-11H,12H2;1H3;/q2*-1;. The number of hydrogen-bond acceptors (Lipinski definition) is 3. The number of rotatable bonds is 2. The van der Waals surface area contributed by atoms with Crippen LogP contribution in [0.2, 0.25) is 0 Å². The molecule has 3 nitrogen and oxygen atoms in total. The molecule has 0 N–H and O–H groups in total. The molecule has 3 rings (SSSR count). The van der Waals surface area contributed by atoms with Gasteiger partial charge in [-0.1, -0.05) is 23.9 Å². The Morgan fingerprint density at radius 1 is 1.00 bits per heavy atom. The van der Waals surface area contributed by atoms with Crippen LogP contribution < -0.4 is 9.91 Å². The van der Waals surface area contributed by atoms with Gasteiger partial charge in [0, 0.05) is 20.1 Å². The van der Waals surface area contributed by atoms with Crippen molar-refractivity contribution in [3.05, 3.63) is 68.1 Å². The molecule has 101 valence electrons. The SMILES string of the molecule is [CH3-].[Ir].[c-]1ccccc1N1C=NN(c2ccccc2)C1. The first kappa shape index (κ1) is 15.4. The van der Waals surface area contributed by atoms with Crippen LogP contribution in [0.3, 0.4) is 0 Å². The van der Waals surface area contributed by atoms with Gasteiger partial charge in [-0.25, -0.2) is 5.01 Å². The van der Waals surface area contributed by atoms with Gasteiger partial charge in [-0.2, -0.15) is 29.4 Å². The molecule has 0 saturated heterocycles. The quantitative estimate of drug-likeness (QED) is 0.683. The zero-order valence-corrected chi connectivity index (χ0v) is 13.1. The normalized spacial score (nSPS) is 12.8. The first-order valence-electron chi connectivity index (χ1n) is 5.53. The van der Waals surface area contributed by atoms with Gasteiger partial charge in [0.05, 0.1) is 5.69 Å². The van der Waals surface area contributed by atoms with Crippen molar-refractivity contribution < 1.29 is 20.1 Å². The molecule has 0 aromatic heterocycles. The molecule has 1 radical (unpaired) electrons. The largest absolute Gasteiger partial charge is 0.358 e. The summed E-state index contributed by atoms with van der Waals surface area (Å²) in [7, 11) is 0. The molecule has 1 aliphatic rings. The van der Waals surface area contributed by atoms with E-state index in [1.165, 1.54) is 0 Å². The van der Waals surface area contributed by atoms with Crippen molar-refractivity contribution in [3.8, 4) is 0 Å². The molecule has 0 bridgehead atoms. The van der Waals surface area contributed by atoms with E-state index >= 15 is 0 Å². The van der Waals surface area contributed by atoms with E-state index in [-0.39, 0.29) is 27.5 Å². The predicted molar refractivity (Wildman–Crippen MR) is 76.5 cm³/mol. The molecule has 4 heteroatoms. The van der Waals surface area contributed by atoms with Crippen molar-refractivity contribution in [1.82, 2.24) is 0 Å². The van der Waals surface area contributed by atoms with Crippen molar-refractivity contribution >= 4 is 17.7 Å². The van der Waals surface area contributed by atoms with E-state index in [0.717, 1.165) is 18.0 Å². The maximum absolute atomic E-state index is 4.38. The minimum Gasteiger partial charge on any atom is -0.358 e. The van der Waals surface area contributed by atoms with Crippen LogP contribution in [-0.2, 0) is 20.1 Å². The van der Waals surface area contributed by atoms with Gasteiger partial charge in [0.15, 0.2) is 0 Å². The minimum absolute atomic E-state index is 0. The molecule has 0 spiro atoms. The third-order valence-electron chi connectivity index (χ3n) is 2.67. The third kappa shape index (κ3) is 3.43. The summed E-state index contributed by atoms with van der Waals surface area (Å²) in [5.74, 6) is 0. The van der Waals surface area contributed by atoms with Crippen LogP contribution in [-0.4, -0.2) is 13.0 Å². The molecule has 2 aromatic rings. The summed E-state index contributed by atoms with van der Waals surface area (Å²) in [6, 6.07) is 21.2. The number of nitrogens with zero attached hydrogens (tertiary/aromatic N) is 3. The topological polar surface area (TPSA) is 18.8 Å². The van der Waals surface area contributed by atoms with E-state index in [9.17, 15) is 0 Å². The van der Waals surface area contributed by atoms with Gasteiger partial charge in [0.1, 0.15) is 13.0 Å². The van der Waals surface area contributed by atoms with E-state index in [1.54, 1.807) is 0 Å². The Morgan fingerprint density at radius 3 is 2.42 bits per heavy atom. The van der Waals surface area contributed by atoms with Gasteiger partial charge in [-0.3, -0.25) is 0 Å². The molecule has 2 aromatic carbocycles. The Balaban J connectivity index is 0.000000902. The first-order valence-corrected chi connectivity index (χ1v) is 5.53. The second-order valence-electron chi connectivity index (χ2n) is 3.83. The Morgan fingerprint density at radius 2 is 1.74 bits per heavy atom. The van der Waals surface area contributed by atoms with Crippen molar-refractivity contribution in [2.45, 2.75) is 0 Å². The van der Waals surface area contributed by atoms with Crippen molar-refractivity contribution in [3.63, 3.8) is 0 Å². The fraction of sp³-hybridized carbons (Fsp3) is 0.0667. The first-order chi connectivity index (χ1) is 8.43. The fourth-order valence-corrected chi connectivity index (χ4v) is 1.79. The molecule has 0 saturated carbocycles. The average molecular weight is 430 g/mol. The average Bonchev–Trinajstić information content (AvgIpc) is 2.90. The maximum Gasteiger partial charge on any atom is 0.116 e. The molecular formula is C15H15IrN3-2. The smallest absolute Gasteiger partial charge is 0.116 e. The van der Waals surface area contributed by atoms with Crippen molar-refractivity contribution in [1.29, 1.82) is 0 Å². The number of hydrazone groups is 1. The van der Waals surface area contributed by atoms with Crippen LogP contribution in [0.1, 0.15) is 0 Å². The summed E-state index contributed by atoms with van der Waals surface area (Å²) in [6.07, 6.45) is 1.83. The summed E-state index contributed by atoms with van der Waals surface area (Å²) in [5, 5.41) is 6.34. The molecule has 1 heterocycles. The minimum atomic E-state index is 0. The van der Waals surface area contributed by atoms with Crippen LogP contribution in [0, 0.1) is 13.5 Å². The molecule has 0 aliphatic carbocycles. The van der Waals surface area contributed by atoms with E-state index in [1.807, 2.05) is 53.8 Å². The molecular weight excluding hydrogens is 414 g/mol. The number of hydrogen-bond donors (Lipinski definition) is 0. The summed E-state index contributed by atoms with van der Waals surface area (Å²) in [4.78, 5) is 2.06. The van der Waals surface area contributed by atoms with E-state index in [0.29, 0.717) is 0 Å². The number of para-hydroxylation sites is 2. The maximum atomic E-state index is 4.38. The second kappa shape index (κ2) is 7.07. The van der Waals surface area contributed by atoms with Gasteiger partial charge in [0.25, 0.3) is 0 Å². The molecule has 0 amide bonds. The summed E-state index contributed by atoms with van der Waals surface area (Å²) >= 11 is 0. The van der Waals surface area contributed by atoms with E-state index in [2.05, 4.69) is 28.2 Å². The predicted octanol–water partition coefficient (Wildman–Crippen LogP) is 3.16. The molecule has 0 unspecified atom stereocenters. The Bertz CT molecular complexity index is 466. The molecule has 0 atom stereocenters. The Labute approximate surface area is 127 Å². The van der Waals surface area contributed by atoms with Crippen LogP contribution in [0.15, 0.2) is 59.7 Å².